The van der Waals surface area contributed by atoms with Gasteiger partial charge in [0.2, 0.25) is 0 Å². The smallest absolute Gasteiger partial charge is 0.342 e. The average molecular weight is 398 g/mol. The average Bonchev–Trinajstić information content (AvgIpc) is 3.20. The second-order valence-corrected chi connectivity index (χ2v) is 6.91. The predicted molar refractivity (Wildman–Crippen MR) is 118 cm³/mol. The Kier molecular flexibility index (Phi) is 5.40. The van der Waals surface area contributed by atoms with E-state index in [0.717, 1.165) is 33.6 Å². The molecule has 0 saturated heterocycles. The van der Waals surface area contributed by atoms with Crippen LogP contribution in [-0.2, 0) is 4.74 Å². The maximum absolute atomic E-state index is 13.0. The molecule has 0 spiro atoms. The number of ether oxygens (including phenoxy) is 2. The van der Waals surface area contributed by atoms with Crippen molar-refractivity contribution in [1.29, 1.82) is 0 Å². The Morgan fingerprint density at radius 1 is 0.767 bits per heavy atom. The summed E-state index contributed by atoms with van der Waals surface area (Å²) in [5.74, 6) is 1.42. The van der Waals surface area contributed by atoms with Crippen molar-refractivity contribution >= 4 is 5.97 Å². The molecule has 4 nitrogen and oxygen atoms in total. The van der Waals surface area contributed by atoms with Crippen molar-refractivity contribution in [2.24, 2.45) is 0 Å². The summed E-state index contributed by atoms with van der Waals surface area (Å²) in [5, 5.41) is 0. The van der Waals surface area contributed by atoms with Gasteiger partial charge in [-0.15, -0.1) is 0 Å². The minimum Gasteiger partial charge on any atom is -0.497 e. The minimum atomic E-state index is -0.435. The molecule has 0 amide bonds. The van der Waals surface area contributed by atoms with Crippen molar-refractivity contribution in [3.8, 4) is 39.5 Å². The van der Waals surface area contributed by atoms with Gasteiger partial charge in [-0.1, -0.05) is 54.6 Å². The summed E-state index contributed by atoms with van der Waals surface area (Å²) >= 11 is 0. The summed E-state index contributed by atoms with van der Waals surface area (Å²) in [4.78, 5) is 13.0. The first kappa shape index (κ1) is 19.5. The molecule has 30 heavy (non-hydrogen) atoms. The van der Waals surface area contributed by atoms with Crippen LogP contribution in [0.1, 0.15) is 15.9 Å². The van der Waals surface area contributed by atoms with Crippen LogP contribution in [-0.4, -0.2) is 20.2 Å². The molecular formula is C26H22O4. The molecule has 1 heterocycles. The van der Waals surface area contributed by atoms with Crippen molar-refractivity contribution in [3.63, 3.8) is 0 Å². The van der Waals surface area contributed by atoms with Gasteiger partial charge in [0.15, 0.2) is 0 Å². The second kappa shape index (κ2) is 8.29. The molecule has 0 saturated carbocycles. The highest BCUT2D eigenvalue weighted by Crippen LogP contribution is 2.44. The minimum absolute atomic E-state index is 0.420. The van der Waals surface area contributed by atoms with Gasteiger partial charge in [-0.25, -0.2) is 4.79 Å². The second-order valence-electron chi connectivity index (χ2n) is 6.91. The molecule has 0 N–H and O–H groups in total. The number of carbonyl (C=O) groups excluding carboxylic acids is 1. The van der Waals surface area contributed by atoms with Crippen molar-refractivity contribution in [2.75, 3.05) is 14.2 Å². The number of carbonyl (C=O) groups is 1. The number of furan rings is 1. The predicted octanol–water partition coefficient (Wildman–Crippen LogP) is 6.38. The van der Waals surface area contributed by atoms with E-state index < -0.39 is 5.97 Å². The van der Waals surface area contributed by atoms with Crippen molar-refractivity contribution in [2.45, 2.75) is 6.92 Å². The summed E-state index contributed by atoms with van der Waals surface area (Å²) < 4.78 is 16.8. The first-order chi connectivity index (χ1) is 14.6. The van der Waals surface area contributed by atoms with Gasteiger partial charge < -0.3 is 13.9 Å². The Morgan fingerprint density at radius 3 is 2.03 bits per heavy atom. The van der Waals surface area contributed by atoms with Crippen LogP contribution in [0.4, 0.5) is 0 Å². The number of hydrogen-bond acceptors (Lipinski definition) is 4. The molecule has 4 rings (SSSR count). The lowest BCUT2D eigenvalue weighted by atomic mass is 9.93. The Hall–Kier alpha value is -3.79. The van der Waals surface area contributed by atoms with E-state index in [9.17, 15) is 4.79 Å². The summed E-state index contributed by atoms with van der Waals surface area (Å²) in [6, 6.07) is 25.1. The zero-order valence-electron chi connectivity index (χ0n) is 17.1. The molecule has 0 radical (unpaired) electrons. The maximum Gasteiger partial charge on any atom is 0.342 e. The van der Waals surface area contributed by atoms with E-state index in [0.29, 0.717) is 17.1 Å². The SMILES string of the molecule is COC(=O)c1c(-c2ccccc2)oc(-c2ccc(OC)cc2)c1-c1ccccc1C. The highest BCUT2D eigenvalue weighted by atomic mass is 16.5. The summed E-state index contributed by atoms with van der Waals surface area (Å²) in [6.45, 7) is 2.02. The van der Waals surface area contributed by atoms with Crippen LogP contribution in [0.5, 0.6) is 5.75 Å². The number of methoxy groups -OCH3 is 2. The molecule has 0 atom stereocenters. The fraction of sp³-hybridized carbons (Fsp3) is 0.115. The van der Waals surface area contributed by atoms with E-state index in [-0.39, 0.29) is 0 Å². The fourth-order valence-electron chi connectivity index (χ4n) is 3.58. The lowest BCUT2D eigenvalue weighted by Gasteiger charge is -2.09. The number of esters is 1. The highest BCUT2D eigenvalue weighted by molar-refractivity contribution is 6.07. The Morgan fingerprint density at radius 2 is 1.40 bits per heavy atom. The van der Waals surface area contributed by atoms with E-state index in [1.54, 1.807) is 7.11 Å². The Labute approximate surface area is 175 Å². The molecule has 1 aromatic heterocycles. The van der Waals surface area contributed by atoms with Gasteiger partial charge in [-0.3, -0.25) is 0 Å². The van der Waals surface area contributed by atoms with Crippen LogP contribution >= 0.6 is 0 Å². The van der Waals surface area contributed by atoms with Gasteiger partial charge in [-0.2, -0.15) is 0 Å². The topological polar surface area (TPSA) is 48.7 Å². The molecule has 3 aromatic carbocycles. The van der Waals surface area contributed by atoms with Gasteiger partial charge in [0.1, 0.15) is 22.8 Å². The third-order valence-electron chi connectivity index (χ3n) is 5.10. The quantitative estimate of drug-likeness (QED) is 0.366. The van der Waals surface area contributed by atoms with E-state index in [4.69, 9.17) is 13.9 Å². The van der Waals surface area contributed by atoms with Crippen LogP contribution in [0, 0.1) is 6.92 Å². The van der Waals surface area contributed by atoms with Crippen LogP contribution in [0.25, 0.3) is 33.8 Å². The highest BCUT2D eigenvalue weighted by Gasteiger charge is 2.29. The Bertz CT molecular complexity index is 1170. The van der Waals surface area contributed by atoms with Crippen LogP contribution in [0.3, 0.4) is 0 Å². The molecule has 0 aliphatic heterocycles. The zero-order chi connectivity index (χ0) is 21.1. The van der Waals surface area contributed by atoms with Gasteiger partial charge in [-0.05, 0) is 42.3 Å². The van der Waals surface area contributed by atoms with E-state index in [1.165, 1.54) is 7.11 Å². The molecule has 4 heteroatoms. The number of aryl methyl sites for hydroxylation is 1. The third-order valence-corrected chi connectivity index (χ3v) is 5.10. The van der Waals surface area contributed by atoms with Gasteiger partial charge in [0.25, 0.3) is 0 Å². The van der Waals surface area contributed by atoms with Gasteiger partial charge in [0.05, 0.1) is 14.2 Å². The number of benzene rings is 3. The van der Waals surface area contributed by atoms with Gasteiger partial charge >= 0.3 is 5.97 Å². The van der Waals surface area contributed by atoms with Gasteiger partial charge in [0, 0.05) is 16.7 Å². The lowest BCUT2D eigenvalue weighted by molar-refractivity contribution is 0.0602. The monoisotopic (exact) mass is 398 g/mol. The molecule has 0 fully saturated rings. The first-order valence-electron chi connectivity index (χ1n) is 9.65. The largest absolute Gasteiger partial charge is 0.497 e. The number of hydrogen-bond donors (Lipinski definition) is 0. The van der Waals surface area contributed by atoms with Crippen molar-refractivity contribution in [1.82, 2.24) is 0 Å². The van der Waals surface area contributed by atoms with Crippen LogP contribution < -0.4 is 4.74 Å². The molecule has 0 unspecified atom stereocenters. The summed E-state index contributed by atoms with van der Waals surface area (Å²) in [7, 11) is 3.02. The molecule has 4 aromatic rings. The molecular weight excluding hydrogens is 376 g/mol. The van der Waals surface area contributed by atoms with E-state index in [1.807, 2.05) is 85.8 Å². The molecule has 0 aliphatic rings. The Balaban J connectivity index is 2.07. The molecule has 0 aliphatic carbocycles. The van der Waals surface area contributed by atoms with Crippen LogP contribution in [0.2, 0.25) is 0 Å². The maximum atomic E-state index is 13.0. The summed E-state index contributed by atoms with van der Waals surface area (Å²) in [6.07, 6.45) is 0. The number of rotatable bonds is 5. The standard InChI is InChI=1S/C26H22O4/c1-17-9-7-8-12-21(17)22-23(26(27)29-3)25(18-10-5-4-6-11-18)30-24(22)19-13-15-20(28-2)16-14-19/h4-16H,1-3H3. The van der Waals surface area contributed by atoms with Crippen molar-refractivity contribution < 1.29 is 18.7 Å². The summed E-state index contributed by atoms with van der Waals surface area (Å²) in [5.41, 5.74) is 4.77. The zero-order valence-corrected chi connectivity index (χ0v) is 17.1. The van der Waals surface area contributed by atoms with E-state index in [2.05, 4.69) is 0 Å². The fourth-order valence-corrected chi connectivity index (χ4v) is 3.58. The molecule has 150 valence electrons. The van der Waals surface area contributed by atoms with E-state index >= 15 is 0 Å². The molecule has 0 bridgehead atoms. The lowest BCUT2D eigenvalue weighted by Crippen LogP contribution is -2.04. The van der Waals surface area contributed by atoms with Crippen molar-refractivity contribution in [3.05, 3.63) is 90.0 Å². The third kappa shape index (κ3) is 3.48. The first-order valence-corrected chi connectivity index (χ1v) is 9.65. The van der Waals surface area contributed by atoms with Crippen LogP contribution in [0.15, 0.2) is 83.3 Å². The normalized spacial score (nSPS) is 10.6.